The SMILES string of the molecule is CC(=O)c1ccc(-n2c(C)nc3cc(Cl)ccc3c2=O)cc1. The number of hydrogen-bond acceptors (Lipinski definition) is 3. The number of benzene rings is 2. The Morgan fingerprint density at radius 3 is 2.45 bits per heavy atom. The van der Waals surface area contributed by atoms with E-state index in [2.05, 4.69) is 4.98 Å². The van der Waals surface area contributed by atoms with E-state index in [4.69, 9.17) is 11.6 Å². The van der Waals surface area contributed by atoms with Gasteiger partial charge in [0.2, 0.25) is 0 Å². The lowest BCUT2D eigenvalue weighted by Crippen LogP contribution is -2.22. The van der Waals surface area contributed by atoms with Gasteiger partial charge < -0.3 is 0 Å². The molecule has 0 fully saturated rings. The maximum Gasteiger partial charge on any atom is 0.265 e. The van der Waals surface area contributed by atoms with Crippen LogP contribution in [-0.4, -0.2) is 15.3 Å². The summed E-state index contributed by atoms with van der Waals surface area (Å²) in [6.45, 7) is 3.27. The fourth-order valence-electron chi connectivity index (χ4n) is 2.42. The molecule has 0 unspecified atom stereocenters. The number of ketones is 1. The van der Waals surface area contributed by atoms with E-state index < -0.39 is 0 Å². The highest BCUT2D eigenvalue weighted by molar-refractivity contribution is 6.31. The van der Waals surface area contributed by atoms with Crippen molar-refractivity contribution in [1.82, 2.24) is 9.55 Å². The van der Waals surface area contributed by atoms with Gasteiger partial charge in [-0.1, -0.05) is 11.6 Å². The Kier molecular flexibility index (Phi) is 3.54. The summed E-state index contributed by atoms with van der Waals surface area (Å²) >= 11 is 5.95. The summed E-state index contributed by atoms with van der Waals surface area (Å²) in [6, 6.07) is 11.9. The molecule has 0 radical (unpaired) electrons. The molecule has 5 heteroatoms. The molecule has 0 atom stereocenters. The van der Waals surface area contributed by atoms with Crippen molar-refractivity contribution < 1.29 is 4.79 Å². The summed E-state index contributed by atoms with van der Waals surface area (Å²) in [5, 5.41) is 1.05. The molecular weight excluding hydrogens is 300 g/mol. The molecule has 0 saturated heterocycles. The maximum absolute atomic E-state index is 12.7. The van der Waals surface area contributed by atoms with Gasteiger partial charge in [-0.05, 0) is 56.3 Å². The van der Waals surface area contributed by atoms with Crippen LogP contribution in [0, 0.1) is 6.92 Å². The number of aryl methyl sites for hydroxylation is 1. The van der Waals surface area contributed by atoms with Gasteiger partial charge in [0.1, 0.15) is 5.82 Å². The summed E-state index contributed by atoms with van der Waals surface area (Å²) in [4.78, 5) is 28.5. The van der Waals surface area contributed by atoms with Crippen LogP contribution in [0.3, 0.4) is 0 Å². The molecule has 1 aromatic heterocycles. The van der Waals surface area contributed by atoms with Crippen LogP contribution in [0.25, 0.3) is 16.6 Å². The van der Waals surface area contributed by atoms with Crippen LogP contribution >= 0.6 is 11.6 Å². The minimum atomic E-state index is -0.158. The maximum atomic E-state index is 12.7. The second kappa shape index (κ2) is 5.39. The van der Waals surface area contributed by atoms with E-state index in [-0.39, 0.29) is 11.3 Å². The molecule has 2 aromatic carbocycles. The number of rotatable bonds is 2. The van der Waals surface area contributed by atoms with E-state index >= 15 is 0 Å². The average molecular weight is 313 g/mol. The molecule has 4 nitrogen and oxygen atoms in total. The summed E-state index contributed by atoms with van der Waals surface area (Å²) in [5.41, 5.74) is 1.70. The number of hydrogen-bond donors (Lipinski definition) is 0. The van der Waals surface area contributed by atoms with Crippen molar-refractivity contribution in [3.63, 3.8) is 0 Å². The van der Waals surface area contributed by atoms with Gasteiger partial charge in [0.05, 0.1) is 16.6 Å². The Hall–Kier alpha value is -2.46. The van der Waals surface area contributed by atoms with Gasteiger partial charge in [-0.2, -0.15) is 0 Å². The fraction of sp³-hybridized carbons (Fsp3) is 0.118. The van der Waals surface area contributed by atoms with Crippen LogP contribution < -0.4 is 5.56 Å². The predicted molar refractivity (Wildman–Crippen MR) is 87.1 cm³/mol. The molecule has 0 saturated carbocycles. The summed E-state index contributed by atoms with van der Waals surface area (Å²) in [7, 11) is 0. The fourth-order valence-corrected chi connectivity index (χ4v) is 2.59. The quantitative estimate of drug-likeness (QED) is 0.680. The largest absolute Gasteiger partial charge is 0.295 e. The third-order valence-corrected chi connectivity index (χ3v) is 3.77. The highest BCUT2D eigenvalue weighted by atomic mass is 35.5. The van der Waals surface area contributed by atoms with Crippen molar-refractivity contribution in [3.05, 3.63) is 69.2 Å². The van der Waals surface area contributed by atoms with Crippen molar-refractivity contribution in [2.45, 2.75) is 13.8 Å². The third-order valence-electron chi connectivity index (χ3n) is 3.53. The lowest BCUT2D eigenvalue weighted by molar-refractivity contribution is 0.101. The highest BCUT2D eigenvalue weighted by Gasteiger charge is 2.10. The van der Waals surface area contributed by atoms with Gasteiger partial charge >= 0.3 is 0 Å². The number of carbonyl (C=O) groups excluding carboxylic acids is 1. The number of carbonyl (C=O) groups is 1. The monoisotopic (exact) mass is 312 g/mol. The van der Waals surface area contributed by atoms with Crippen LogP contribution in [-0.2, 0) is 0 Å². The normalized spacial score (nSPS) is 10.9. The first-order chi connectivity index (χ1) is 10.5. The molecule has 0 N–H and O–H groups in total. The van der Waals surface area contributed by atoms with E-state index in [0.29, 0.717) is 33.0 Å². The number of aromatic nitrogens is 2. The predicted octanol–water partition coefficient (Wildman–Crippen LogP) is 3.55. The Morgan fingerprint density at radius 2 is 1.82 bits per heavy atom. The van der Waals surface area contributed by atoms with E-state index in [9.17, 15) is 9.59 Å². The molecule has 3 rings (SSSR count). The van der Waals surface area contributed by atoms with Crippen LogP contribution in [0.2, 0.25) is 5.02 Å². The minimum Gasteiger partial charge on any atom is -0.295 e. The van der Waals surface area contributed by atoms with Crippen LogP contribution in [0.5, 0.6) is 0 Å². The molecule has 22 heavy (non-hydrogen) atoms. The van der Waals surface area contributed by atoms with Crippen LogP contribution in [0.4, 0.5) is 0 Å². The molecule has 0 amide bonds. The van der Waals surface area contributed by atoms with Gasteiger partial charge in [0.15, 0.2) is 5.78 Å². The molecular formula is C17H13ClN2O2. The molecule has 110 valence electrons. The molecule has 0 aliphatic heterocycles. The summed E-state index contributed by atoms with van der Waals surface area (Å²) in [5.74, 6) is 0.553. The first-order valence-corrected chi connectivity index (χ1v) is 7.15. The van der Waals surface area contributed by atoms with Gasteiger partial charge in [-0.15, -0.1) is 0 Å². The van der Waals surface area contributed by atoms with Gasteiger partial charge in [0.25, 0.3) is 5.56 Å². The zero-order valence-electron chi connectivity index (χ0n) is 12.1. The first-order valence-electron chi connectivity index (χ1n) is 6.77. The zero-order valence-corrected chi connectivity index (χ0v) is 12.9. The minimum absolute atomic E-state index is 0.0121. The second-order valence-corrected chi connectivity index (χ2v) is 5.50. The van der Waals surface area contributed by atoms with Crippen LogP contribution in [0.1, 0.15) is 23.1 Å². The average Bonchev–Trinajstić information content (AvgIpc) is 2.47. The topological polar surface area (TPSA) is 52.0 Å². The van der Waals surface area contributed by atoms with Gasteiger partial charge in [-0.3, -0.25) is 14.2 Å². The molecule has 0 spiro atoms. The lowest BCUT2D eigenvalue weighted by Gasteiger charge is -2.11. The Labute approximate surface area is 132 Å². The van der Waals surface area contributed by atoms with E-state index in [1.54, 1.807) is 49.4 Å². The molecule has 3 aromatic rings. The number of fused-ring (bicyclic) bond motifs is 1. The van der Waals surface area contributed by atoms with E-state index in [1.165, 1.54) is 11.5 Å². The molecule has 0 bridgehead atoms. The van der Waals surface area contributed by atoms with Crippen molar-refractivity contribution in [1.29, 1.82) is 0 Å². The smallest absolute Gasteiger partial charge is 0.265 e. The van der Waals surface area contributed by atoms with Crippen LogP contribution in [0.15, 0.2) is 47.3 Å². The van der Waals surface area contributed by atoms with Gasteiger partial charge in [0, 0.05) is 10.6 Å². The van der Waals surface area contributed by atoms with Gasteiger partial charge in [-0.25, -0.2) is 4.98 Å². The number of Topliss-reactive ketones (excluding diaryl/α,β-unsaturated/α-hetero) is 1. The lowest BCUT2D eigenvalue weighted by atomic mass is 10.1. The van der Waals surface area contributed by atoms with Crippen molar-refractivity contribution in [2.24, 2.45) is 0 Å². The highest BCUT2D eigenvalue weighted by Crippen LogP contribution is 2.17. The van der Waals surface area contributed by atoms with Crippen molar-refractivity contribution in [3.8, 4) is 5.69 Å². The Balaban J connectivity index is 2.24. The first kappa shape index (κ1) is 14.5. The summed E-state index contributed by atoms with van der Waals surface area (Å²) in [6.07, 6.45) is 0. The molecule has 1 heterocycles. The molecule has 0 aliphatic rings. The zero-order chi connectivity index (χ0) is 15.9. The molecule has 0 aliphatic carbocycles. The second-order valence-electron chi connectivity index (χ2n) is 5.06. The van der Waals surface area contributed by atoms with E-state index in [1.807, 2.05) is 0 Å². The third kappa shape index (κ3) is 2.42. The van der Waals surface area contributed by atoms with E-state index in [0.717, 1.165) is 0 Å². The Morgan fingerprint density at radius 1 is 1.14 bits per heavy atom. The standard InChI is InChI=1S/C17H13ClN2O2/c1-10(21)12-3-6-14(7-4-12)20-11(2)19-16-9-13(18)5-8-15(16)17(20)22/h3-9H,1-2H3. The Bertz CT molecular complexity index is 943. The number of nitrogens with zero attached hydrogens (tertiary/aromatic N) is 2. The van der Waals surface area contributed by atoms with Crippen molar-refractivity contribution in [2.75, 3.05) is 0 Å². The number of halogens is 1. The van der Waals surface area contributed by atoms with Crippen molar-refractivity contribution >= 4 is 28.3 Å². The summed E-state index contributed by atoms with van der Waals surface area (Å²) < 4.78 is 1.53.